The summed E-state index contributed by atoms with van der Waals surface area (Å²) in [6, 6.07) is 5.49. The van der Waals surface area contributed by atoms with Crippen LogP contribution in [0.15, 0.2) is 42.7 Å². The van der Waals surface area contributed by atoms with E-state index >= 15 is 0 Å². The zero-order chi connectivity index (χ0) is 14.0. The fourth-order valence-electron chi connectivity index (χ4n) is 1.53. The van der Waals surface area contributed by atoms with E-state index in [0.29, 0.717) is 0 Å². The number of hydrogen-bond donors (Lipinski definition) is 0. The molecule has 0 aliphatic rings. The van der Waals surface area contributed by atoms with Crippen LogP contribution in [0.3, 0.4) is 0 Å². The molecule has 98 valence electrons. The second-order valence-corrected chi connectivity index (χ2v) is 4.16. The van der Waals surface area contributed by atoms with Gasteiger partial charge in [-0.05, 0) is 30.3 Å². The van der Waals surface area contributed by atoms with E-state index in [1.165, 1.54) is 24.5 Å². The molecule has 0 spiro atoms. The molecule has 0 aliphatic carbocycles. The predicted molar refractivity (Wildman–Crippen MR) is 64.1 cm³/mol. The quantitative estimate of drug-likeness (QED) is 0.781. The molecule has 0 atom stereocenters. The first kappa shape index (κ1) is 13.5. The van der Waals surface area contributed by atoms with Gasteiger partial charge in [0.25, 0.3) is 0 Å². The molecule has 0 amide bonds. The maximum Gasteiger partial charge on any atom is 0.416 e. The summed E-state index contributed by atoms with van der Waals surface area (Å²) in [6.07, 6.45) is -1.75. The number of carbonyl (C=O) groups excluding carboxylic acids is 1. The predicted octanol–water partition coefficient (Wildman–Crippen LogP) is 3.98. The van der Waals surface area contributed by atoms with Crippen LogP contribution in [0.2, 0.25) is 5.02 Å². The largest absolute Gasteiger partial charge is 0.416 e. The van der Waals surface area contributed by atoms with Crippen molar-refractivity contribution in [2.75, 3.05) is 0 Å². The minimum atomic E-state index is -4.52. The monoisotopic (exact) mass is 285 g/mol. The first-order chi connectivity index (χ1) is 8.89. The van der Waals surface area contributed by atoms with Crippen LogP contribution in [-0.4, -0.2) is 10.8 Å². The van der Waals surface area contributed by atoms with E-state index in [9.17, 15) is 18.0 Å². The number of nitrogens with zero attached hydrogens (tertiary/aromatic N) is 1. The molecule has 0 saturated heterocycles. The van der Waals surface area contributed by atoms with Gasteiger partial charge in [0.15, 0.2) is 5.78 Å². The standard InChI is InChI=1S/C13H7ClF3NO/c14-11-2-1-9(13(15,16)17)7-10(11)12(19)8-3-5-18-6-4-8/h1-7H. The molecule has 6 heteroatoms. The van der Waals surface area contributed by atoms with Gasteiger partial charge < -0.3 is 0 Å². The number of benzene rings is 1. The highest BCUT2D eigenvalue weighted by Crippen LogP contribution is 2.32. The molecule has 19 heavy (non-hydrogen) atoms. The Balaban J connectivity index is 2.48. The number of carbonyl (C=O) groups is 1. The summed E-state index contributed by atoms with van der Waals surface area (Å²) in [4.78, 5) is 15.8. The van der Waals surface area contributed by atoms with Gasteiger partial charge in [-0.25, -0.2) is 0 Å². The topological polar surface area (TPSA) is 30.0 Å². The van der Waals surface area contributed by atoms with Gasteiger partial charge in [0.2, 0.25) is 0 Å². The summed E-state index contributed by atoms with van der Waals surface area (Å²) in [5.74, 6) is -0.571. The van der Waals surface area contributed by atoms with Crippen molar-refractivity contribution in [3.8, 4) is 0 Å². The Morgan fingerprint density at radius 2 is 1.74 bits per heavy atom. The molecule has 0 radical (unpaired) electrons. The highest BCUT2D eigenvalue weighted by atomic mass is 35.5. The SMILES string of the molecule is O=C(c1ccncc1)c1cc(C(F)(F)F)ccc1Cl. The van der Waals surface area contributed by atoms with Gasteiger partial charge in [0.1, 0.15) is 0 Å². The zero-order valence-corrected chi connectivity index (χ0v) is 10.2. The zero-order valence-electron chi connectivity index (χ0n) is 9.41. The van der Waals surface area contributed by atoms with Crippen molar-refractivity contribution in [3.05, 3.63) is 64.4 Å². The minimum absolute atomic E-state index is 0.0187. The van der Waals surface area contributed by atoms with Gasteiger partial charge in [-0.2, -0.15) is 13.2 Å². The van der Waals surface area contributed by atoms with Crippen molar-refractivity contribution in [1.82, 2.24) is 4.98 Å². The van der Waals surface area contributed by atoms with Gasteiger partial charge in [0.05, 0.1) is 10.6 Å². The Bertz CT molecular complexity index is 611. The lowest BCUT2D eigenvalue weighted by atomic mass is 10.0. The molecule has 0 saturated carbocycles. The molecular formula is C13H7ClF3NO. The molecule has 1 aromatic carbocycles. The molecule has 0 bridgehead atoms. The summed E-state index contributed by atoms with van der Waals surface area (Å²) >= 11 is 5.79. The van der Waals surface area contributed by atoms with Crippen LogP contribution in [0.5, 0.6) is 0 Å². The van der Waals surface area contributed by atoms with Gasteiger partial charge in [-0.3, -0.25) is 9.78 Å². The third-order valence-corrected chi connectivity index (χ3v) is 2.81. The number of halogens is 4. The summed E-state index contributed by atoms with van der Waals surface area (Å²) in [5.41, 5.74) is -0.853. The van der Waals surface area contributed by atoms with Crippen LogP contribution in [0.25, 0.3) is 0 Å². The van der Waals surface area contributed by atoms with Crippen LogP contribution >= 0.6 is 11.6 Å². The maximum absolute atomic E-state index is 12.6. The fourth-order valence-corrected chi connectivity index (χ4v) is 1.74. The number of alkyl halides is 3. The second-order valence-electron chi connectivity index (χ2n) is 3.76. The normalized spacial score (nSPS) is 11.4. The Kier molecular flexibility index (Phi) is 3.57. The molecule has 2 rings (SSSR count). The summed E-state index contributed by atoms with van der Waals surface area (Å²) in [7, 11) is 0. The van der Waals surface area contributed by atoms with Crippen LogP contribution in [0.4, 0.5) is 13.2 Å². The molecule has 0 fully saturated rings. The molecule has 0 N–H and O–H groups in total. The molecule has 1 aromatic heterocycles. The van der Waals surface area contributed by atoms with E-state index < -0.39 is 17.5 Å². The molecule has 1 heterocycles. The van der Waals surface area contributed by atoms with Crippen molar-refractivity contribution in [2.24, 2.45) is 0 Å². The van der Waals surface area contributed by atoms with Crippen LogP contribution in [0, 0.1) is 0 Å². The molecule has 0 unspecified atom stereocenters. The van der Waals surface area contributed by atoms with Gasteiger partial charge >= 0.3 is 6.18 Å². The average molecular weight is 286 g/mol. The third-order valence-electron chi connectivity index (χ3n) is 2.48. The lowest BCUT2D eigenvalue weighted by Crippen LogP contribution is -2.09. The Hall–Kier alpha value is -1.88. The van der Waals surface area contributed by atoms with Crippen molar-refractivity contribution >= 4 is 17.4 Å². The minimum Gasteiger partial charge on any atom is -0.289 e. The molecule has 2 aromatic rings. The van der Waals surface area contributed by atoms with Crippen molar-refractivity contribution in [2.45, 2.75) is 6.18 Å². The van der Waals surface area contributed by atoms with E-state index in [-0.39, 0.29) is 16.1 Å². The number of aromatic nitrogens is 1. The Morgan fingerprint density at radius 3 is 2.32 bits per heavy atom. The number of pyridine rings is 1. The van der Waals surface area contributed by atoms with Gasteiger partial charge in [-0.15, -0.1) is 0 Å². The van der Waals surface area contributed by atoms with E-state index in [1.807, 2.05) is 0 Å². The molecule has 2 nitrogen and oxygen atoms in total. The molecular weight excluding hydrogens is 279 g/mol. The lowest BCUT2D eigenvalue weighted by Gasteiger charge is -2.09. The van der Waals surface area contributed by atoms with E-state index in [1.54, 1.807) is 0 Å². The van der Waals surface area contributed by atoms with Crippen LogP contribution in [0.1, 0.15) is 21.5 Å². The second kappa shape index (κ2) is 5.01. The van der Waals surface area contributed by atoms with Gasteiger partial charge in [-0.1, -0.05) is 11.6 Å². The van der Waals surface area contributed by atoms with Crippen molar-refractivity contribution < 1.29 is 18.0 Å². The lowest BCUT2D eigenvalue weighted by molar-refractivity contribution is -0.137. The smallest absolute Gasteiger partial charge is 0.289 e. The summed E-state index contributed by atoms with van der Waals surface area (Å²) in [5, 5.41) is -0.0187. The number of ketones is 1. The maximum atomic E-state index is 12.6. The third kappa shape index (κ3) is 2.93. The fraction of sp³-hybridized carbons (Fsp3) is 0.0769. The molecule has 0 aliphatic heterocycles. The van der Waals surface area contributed by atoms with Gasteiger partial charge in [0, 0.05) is 23.5 Å². The first-order valence-electron chi connectivity index (χ1n) is 5.21. The van der Waals surface area contributed by atoms with E-state index in [0.717, 1.165) is 18.2 Å². The van der Waals surface area contributed by atoms with Crippen molar-refractivity contribution in [1.29, 1.82) is 0 Å². The summed E-state index contributed by atoms with van der Waals surface area (Å²) in [6.45, 7) is 0. The Morgan fingerprint density at radius 1 is 1.11 bits per heavy atom. The van der Waals surface area contributed by atoms with Crippen LogP contribution in [-0.2, 0) is 6.18 Å². The van der Waals surface area contributed by atoms with E-state index in [2.05, 4.69) is 4.98 Å². The first-order valence-corrected chi connectivity index (χ1v) is 5.59. The highest BCUT2D eigenvalue weighted by Gasteiger charge is 2.31. The average Bonchev–Trinajstić information content (AvgIpc) is 2.38. The van der Waals surface area contributed by atoms with E-state index in [4.69, 9.17) is 11.6 Å². The van der Waals surface area contributed by atoms with Crippen LogP contribution < -0.4 is 0 Å². The number of hydrogen-bond acceptors (Lipinski definition) is 2. The number of rotatable bonds is 2. The Labute approximate surface area is 111 Å². The highest BCUT2D eigenvalue weighted by molar-refractivity contribution is 6.35. The van der Waals surface area contributed by atoms with Crippen molar-refractivity contribution in [3.63, 3.8) is 0 Å². The summed E-state index contributed by atoms with van der Waals surface area (Å²) < 4.78 is 37.8.